The molecule has 18 heavy (non-hydrogen) atoms. The van der Waals surface area contributed by atoms with E-state index in [1.807, 2.05) is 19.1 Å². The normalized spacial score (nSPS) is 24.1. The molecule has 0 aromatic heterocycles. The summed E-state index contributed by atoms with van der Waals surface area (Å²) in [5, 5.41) is 0. The van der Waals surface area contributed by atoms with Gasteiger partial charge in [-0.2, -0.15) is 0 Å². The predicted molar refractivity (Wildman–Crippen MR) is 70.2 cm³/mol. The van der Waals surface area contributed by atoms with E-state index in [0.717, 1.165) is 29.7 Å². The van der Waals surface area contributed by atoms with Gasteiger partial charge in [0.15, 0.2) is 0 Å². The summed E-state index contributed by atoms with van der Waals surface area (Å²) in [7, 11) is 0. The Hall–Kier alpha value is -1.51. The summed E-state index contributed by atoms with van der Waals surface area (Å²) < 4.78 is 0. The molecule has 1 saturated carbocycles. The zero-order valence-electron chi connectivity index (χ0n) is 10.7. The Kier molecular flexibility index (Phi) is 2.98. The summed E-state index contributed by atoms with van der Waals surface area (Å²) in [6.07, 6.45) is 6.07. The number of benzene rings is 1. The highest BCUT2D eigenvalue weighted by atomic mass is 16.7. The zero-order chi connectivity index (χ0) is 12.5. The van der Waals surface area contributed by atoms with Gasteiger partial charge in [0.1, 0.15) is 0 Å². The molecule has 1 atom stereocenters. The van der Waals surface area contributed by atoms with Crippen molar-refractivity contribution in [2.24, 2.45) is 5.92 Å². The topological polar surface area (TPSA) is 38.3 Å². The van der Waals surface area contributed by atoms with Gasteiger partial charge < -0.3 is 4.84 Å². The number of nitrogens with one attached hydrogen (secondary N) is 1. The first-order valence-electron chi connectivity index (χ1n) is 6.83. The van der Waals surface area contributed by atoms with E-state index in [1.54, 1.807) is 0 Å². The molecule has 1 aliphatic heterocycles. The summed E-state index contributed by atoms with van der Waals surface area (Å²) in [5.41, 5.74) is 6.06. The quantitative estimate of drug-likeness (QED) is 0.822. The minimum atomic E-state index is -0.111. The zero-order valence-corrected chi connectivity index (χ0v) is 10.7. The van der Waals surface area contributed by atoms with Crippen LogP contribution in [0.2, 0.25) is 0 Å². The number of fused-ring (bicyclic) bond motifs is 1. The van der Waals surface area contributed by atoms with Crippen LogP contribution in [0.3, 0.4) is 0 Å². The van der Waals surface area contributed by atoms with Gasteiger partial charge in [-0.1, -0.05) is 37.5 Å². The largest absolute Gasteiger partial charge is 0.343 e. The van der Waals surface area contributed by atoms with Crippen molar-refractivity contribution in [2.75, 3.05) is 5.48 Å². The van der Waals surface area contributed by atoms with Crippen LogP contribution < -0.4 is 5.48 Å². The summed E-state index contributed by atoms with van der Waals surface area (Å²) in [4.78, 5) is 17.2. The summed E-state index contributed by atoms with van der Waals surface area (Å²) in [6.45, 7) is 2.04. The molecular weight excluding hydrogens is 226 g/mol. The average molecular weight is 245 g/mol. The summed E-state index contributed by atoms with van der Waals surface area (Å²) in [6, 6.07) is 6.14. The van der Waals surface area contributed by atoms with Crippen molar-refractivity contribution in [3.05, 3.63) is 29.3 Å². The number of anilines is 1. The van der Waals surface area contributed by atoms with Gasteiger partial charge >= 0.3 is 5.97 Å². The molecule has 96 valence electrons. The highest BCUT2D eigenvalue weighted by Gasteiger charge is 2.37. The summed E-state index contributed by atoms with van der Waals surface area (Å²) >= 11 is 0. The lowest BCUT2D eigenvalue weighted by Crippen LogP contribution is -2.32. The number of rotatable bonds is 1. The first kappa shape index (κ1) is 11.6. The monoisotopic (exact) mass is 245 g/mol. The van der Waals surface area contributed by atoms with Crippen LogP contribution in [0.15, 0.2) is 18.2 Å². The Bertz CT molecular complexity index is 464. The van der Waals surface area contributed by atoms with Crippen LogP contribution in [0.25, 0.3) is 0 Å². The minimum Gasteiger partial charge on any atom is -0.343 e. The SMILES string of the molecule is Cc1cccc2c1NOC(=O)[C@H]2C1CCCCC1. The lowest BCUT2D eigenvalue weighted by Gasteiger charge is -2.33. The van der Waals surface area contributed by atoms with Gasteiger partial charge in [-0.15, -0.1) is 0 Å². The van der Waals surface area contributed by atoms with Crippen LogP contribution in [0, 0.1) is 12.8 Å². The first-order valence-corrected chi connectivity index (χ1v) is 6.83. The molecule has 0 spiro atoms. The molecule has 0 bridgehead atoms. The van der Waals surface area contributed by atoms with Crippen molar-refractivity contribution in [1.82, 2.24) is 0 Å². The summed E-state index contributed by atoms with van der Waals surface area (Å²) in [5.74, 6) is 0.273. The van der Waals surface area contributed by atoms with Crippen LogP contribution in [0.4, 0.5) is 5.69 Å². The number of aryl methyl sites for hydroxylation is 1. The Morgan fingerprint density at radius 2 is 2.00 bits per heavy atom. The molecule has 1 heterocycles. The van der Waals surface area contributed by atoms with Gasteiger partial charge in [0.2, 0.25) is 0 Å². The van der Waals surface area contributed by atoms with Crippen molar-refractivity contribution in [1.29, 1.82) is 0 Å². The van der Waals surface area contributed by atoms with Crippen molar-refractivity contribution >= 4 is 11.7 Å². The third kappa shape index (κ3) is 1.88. The average Bonchev–Trinajstić information content (AvgIpc) is 2.40. The van der Waals surface area contributed by atoms with E-state index in [4.69, 9.17) is 4.84 Å². The van der Waals surface area contributed by atoms with Gasteiger partial charge in [0.25, 0.3) is 0 Å². The van der Waals surface area contributed by atoms with Crippen LogP contribution in [0.1, 0.15) is 49.1 Å². The van der Waals surface area contributed by atoms with Crippen molar-refractivity contribution in [3.63, 3.8) is 0 Å². The predicted octanol–water partition coefficient (Wildman–Crippen LogP) is 3.54. The third-order valence-electron chi connectivity index (χ3n) is 4.27. The van der Waals surface area contributed by atoms with E-state index >= 15 is 0 Å². The maximum Gasteiger partial charge on any atom is 0.339 e. The maximum atomic E-state index is 12.1. The second-order valence-corrected chi connectivity index (χ2v) is 5.44. The number of hydrogen-bond donors (Lipinski definition) is 1. The van der Waals surface area contributed by atoms with Crippen molar-refractivity contribution in [2.45, 2.75) is 44.9 Å². The molecule has 3 heteroatoms. The molecule has 0 radical (unpaired) electrons. The fraction of sp³-hybridized carbons (Fsp3) is 0.533. The molecule has 3 nitrogen and oxygen atoms in total. The lowest BCUT2D eigenvalue weighted by atomic mass is 9.76. The van der Waals surface area contributed by atoms with Gasteiger partial charge in [0, 0.05) is 0 Å². The fourth-order valence-corrected chi connectivity index (χ4v) is 3.29. The minimum absolute atomic E-state index is 0.0681. The fourth-order valence-electron chi connectivity index (χ4n) is 3.29. The Labute approximate surface area is 107 Å². The van der Waals surface area contributed by atoms with Crippen LogP contribution in [-0.4, -0.2) is 5.97 Å². The highest BCUT2D eigenvalue weighted by Crippen LogP contribution is 2.42. The lowest BCUT2D eigenvalue weighted by molar-refractivity contribution is -0.145. The Balaban J connectivity index is 1.98. The second-order valence-electron chi connectivity index (χ2n) is 5.44. The van der Waals surface area contributed by atoms with E-state index in [2.05, 4.69) is 11.5 Å². The molecule has 0 amide bonds. The maximum absolute atomic E-state index is 12.1. The molecular formula is C15H19NO2. The van der Waals surface area contributed by atoms with Crippen molar-refractivity contribution in [3.8, 4) is 0 Å². The molecule has 1 aromatic carbocycles. The van der Waals surface area contributed by atoms with Crippen molar-refractivity contribution < 1.29 is 9.63 Å². The molecule has 1 fully saturated rings. The molecule has 3 rings (SSSR count). The Morgan fingerprint density at radius 3 is 2.78 bits per heavy atom. The van der Waals surface area contributed by atoms with Gasteiger partial charge in [-0.3, -0.25) is 0 Å². The standard InChI is InChI=1S/C15H19NO2/c1-10-6-5-9-12-13(11-7-3-2-4-8-11)15(17)18-16-14(10)12/h5-6,9,11,13,16H,2-4,7-8H2,1H3/t13-/m0/s1. The number of carbonyl (C=O) groups is 1. The van der Waals surface area contributed by atoms with Gasteiger partial charge in [-0.05, 0) is 36.8 Å². The molecule has 1 N–H and O–H groups in total. The van der Waals surface area contributed by atoms with Crippen LogP contribution in [0.5, 0.6) is 0 Å². The molecule has 0 saturated heterocycles. The van der Waals surface area contributed by atoms with Crippen LogP contribution >= 0.6 is 0 Å². The second kappa shape index (κ2) is 4.63. The van der Waals surface area contributed by atoms with E-state index in [-0.39, 0.29) is 11.9 Å². The molecule has 2 aliphatic rings. The van der Waals surface area contributed by atoms with E-state index in [0.29, 0.717) is 5.92 Å². The van der Waals surface area contributed by atoms with E-state index < -0.39 is 0 Å². The highest BCUT2D eigenvalue weighted by molar-refractivity contribution is 5.85. The smallest absolute Gasteiger partial charge is 0.339 e. The molecule has 1 aliphatic carbocycles. The first-order chi connectivity index (χ1) is 8.77. The van der Waals surface area contributed by atoms with E-state index in [9.17, 15) is 4.79 Å². The number of para-hydroxylation sites is 1. The Morgan fingerprint density at radius 1 is 1.22 bits per heavy atom. The number of carbonyl (C=O) groups excluding carboxylic acids is 1. The van der Waals surface area contributed by atoms with Gasteiger partial charge in [-0.25, -0.2) is 10.3 Å². The van der Waals surface area contributed by atoms with Crippen LogP contribution in [-0.2, 0) is 9.63 Å². The number of hydrogen-bond acceptors (Lipinski definition) is 3. The molecule has 0 unspecified atom stereocenters. The van der Waals surface area contributed by atoms with Gasteiger partial charge in [0.05, 0.1) is 11.6 Å². The molecule has 1 aromatic rings. The van der Waals surface area contributed by atoms with E-state index in [1.165, 1.54) is 19.3 Å². The third-order valence-corrected chi connectivity index (χ3v) is 4.27.